The van der Waals surface area contributed by atoms with Gasteiger partial charge in [-0.05, 0) is 51.0 Å². The monoisotopic (exact) mass is 539 g/mol. The molecule has 0 aliphatic heterocycles. The number of rotatable bonds is 10. The summed E-state index contributed by atoms with van der Waals surface area (Å²) in [6.07, 6.45) is 0. The maximum atomic E-state index is 13.9. The van der Waals surface area contributed by atoms with Crippen LogP contribution in [0.5, 0.6) is 0 Å². The van der Waals surface area contributed by atoms with Crippen LogP contribution in [0.25, 0.3) is 0 Å². The van der Waals surface area contributed by atoms with E-state index in [0.29, 0.717) is 18.0 Å². The van der Waals surface area contributed by atoms with Crippen LogP contribution in [0.1, 0.15) is 51.3 Å². The predicted molar refractivity (Wildman–Crippen MR) is 153 cm³/mol. The number of nitrogens with zero attached hydrogens (tertiary/aromatic N) is 1. The van der Waals surface area contributed by atoms with Crippen LogP contribution in [0, 0.1) is 12.3 Å². The quantitative estimate of drug-likeness (QED) is 0.203. The molecule has 0 radical (unpaired) electrons. The van der Waals surface area contributed by atoms with Crippen molar-refractivity contribution in [2.75, 3.05) is 0 Å². The lowest BCUT2D eigenvalue weighted by Crippen LogP contribution is -2.55. The first-order valence-corrected chi connectivity index (χ1v) is 14.2. The van der Waals surface area contributed by atoms with Crippen molar-refractivity contribution in [2.45, 2.75) is 75.9 Å². The van der Waals surface area contributed by atoms with E-state index in [0.717, 1.165) is 16.7 Å². The third-order valence-corrected chi connectivity index (χ3v) is 8.95. The minimum absolute atomic E-state index is 0.379. The molecule has 3 atom stereocenters. The first kappa shape index (κ1) is 29.1. The first-order chi connectivity index (χ1) is 17.4. The number of aryl methyl sites for hydroxylation is 1. The highest BCUT2D eigenvalue weighted by Crippen LogP contribution is 2.39. The van der Waals surface area contributed by atoms with E-state index in [2.05, 4.69) is 4.90 Å². The van der Waals surface area contributed by atoms with Gasteiger partial charge in [0.25, 0.3) is 0 Å². The molecule has 0 N–H and O–H groups in total. The fourth-order valence-corrected chi connectivity index (χ4v) is 6.10. The first-order valence-electron chi connectivity index (χ1n) is 12.5. The number of benzene rings is 3. The molecule has 37 heavy (non-hydrogen) atoms. The third-order valence-electron chi connectivity index (χ3n) is 6.18. The average molecular weight is 540 g/mol. The molecular weight excluding hydrogens is 502 g/mol. The Bertz CT molecular complexity index is 1130. The summed E-state index contributed by atoms with van der Waals surface area (Å²) >= 11 is 7.02. The van der Waals surface area contributed by atoms with Crippen LogP contribution in [-0.2, 0) is 33.4 Å². The van der Waals surface area contributed by atoms with Crippen LogP contribution >= 0.6 is 11.6 Å². The Hall–Kier alpha value is -2.47. The summed E-state index contributed by atoms with van der Waals surface area (Å²) in [5.41, 5.74) is 1.61. The number of halogens is 1. The molecule has 0 bridgehead atoms. The second-order valence-electron chi connectivity index (χ2n) is 11.1. The van der Waals surface area contributed by atoms with Crippen LogP contribution in [0.3, 0.4) is 0 Å². The average Bonchev–Trinajstić information content (AvgIpc) is 2.83. The lowest BCUT2D eigenvalue weighted by Gasteiger charge is -2.43. The van der Waals surface area contributed by atoms with Crippen molar-refractivity contribution >= 4 is 28.4 Å². The Balaban J connectivity index is 2.06. The zero-order chi connectivity index (χ0) is 27.2. The third kappa shape index (κ3) is 8.00. The van der Waals surface area contributed by atoms with Gasteiger partial charge in [-0.25, -0.2) is 0 Å². The van der Waals surface area contributed by atoms with Gasteiger partial charge < -0.3 is 4.74 Å². The molecule has 0 heterocycles. The fourth-order valence-electron chi connectivity index (χ4n) is 4.35. The van der Waals surface area contributed by atoms with Crippen LogP contribution in [0.2, 0.25) is 0 Å². The van der Waals surface area contributed by atoms with Gasteiger partial charge in [-0.2, -0.15) is 0 Å². The highest BCUT2D eigenvalue weighted by molar-refractivity contribution is 7.87. The number of hydrogen-bond acceptors (Lipinski definition) is 4. The van der Waals surface area contributed by atoms with Gasteiger partial charge in [0.2, 0.25) is 0 Å². The second kappa shape index (κ2) is 12.4. The van der Waals surface area contributed by atoms with Gasteiger partial charge in [0, 0.05) is 23.4 Å². The molecule has 0 saturated carbocycles. The Morgan fingerprint density at radius 3 is 1.73 bits per heavy atom. The Morgan fingerprint density at radius 2 is 1.30 bits per heavy atom. The molecule has 0 aromatic heterocycles. The van der Waals surface area contributed by atoms with Crippen molar-refractivity contribution in [1.29, 1.82) is 0 Å². The van der Waals surface area contributed by atoms with E-state index in [-0.39, 0.29) is 5.97 Å². The number of carbonyl (C=O) groups is 1. The largest absolute Gasteiger partial charge is 0.459 e. The van der Waals surface area contributed by atoms with Crippen LogP contribution in [0.15, 0.2) is 89.8 Å². The van der Waals surface area contributed by atoms with Crippen LogP contribution < -0.4 is 0 Å². The Kier molecular flexibility index (Phi) is 9.74. The maximum Gasteiger partial charge on any atom is 0.324 e. The summed E-state index contributed by atoms with van der Waals surface area (Å²) in [7, 11) is -1.54. The topological polar surface area (TPSA) is 46.6 Å². The molecule has 0 saturated heterocycles. The van der Waals surface area contributed by atoms with Gasteiger partial charge in [0.1, 0.15) is 16.4 Å². The normalized spacial score (nSPS) is 14.7. The molecule has 3 aromatic carbocycles. The summed E-state index contributed by atoms with van der Waals surface area (Å²) in [6, 6.07) is 26.8. The standard InChI is InChI=1S/C31H38ClNO3S/c1-23-17-19-26(20-18-23)37(35)29(32)31(5,6)27(28(34)36-30(2,3)4)33(21-24-13-9-7-10-14-24)22-25-15-11-8-12-16-25/h7-20,27,29H,21-22H2,1-6H3/t27-,29?,37?/m0/s1. The summed E-state index contributed by atoms with van der Waals surface area (Å²) in [5, 5.41) is 0. The number of alkyl halides is 1. The van der Waals surface area contributed by atoms with Crippen molar-refractivity contribution in [3.8, 4) is 0 Å². The Morgan fingerprint density at radius 1 is 0.838 bits per heavy atom. The molecule has 6 heteroatoms. The zero-order valence-electron chi connectivity index (χ0n) is 22.6. The minimum Gasteiger partial charge on any atom is -0.459 e. The van der Waals surface area contributed by atoms with E-state index in [1.54, 1.807) is 0 Å². The van der Waals surface area contributed by atoms with E-state index in [1.165, 1.54) is 0 Å². The molecule has 2 unspecified atom stereocenters. The van der Waals surface area contributed by atoms with Gasteiger partial charge >= 0.3 is 5.97 Å². The van der Waals surface area contributed by atoms with E-state index in [9.17, 15) is 9.00 Å². The molecule has 0 aliphatic rings. The second-order valence-corrected chi connectivity index (χ2v) is 13.3. The molecular formula is C31H38ClNO3S. The number of ether oxygens (including phenoxy) is 1. The van der Waals surface area contributed by atoms with E-state index in [1.807, 2.05) is 126 Å². The lowest BCUT2D eigenvalue weighted by molar-refractivity contribution is -0.167. The van der Waals surface area contributed by atoms with E-state index < -0.39 is 32.6 Å². The summed E-state index contributed by atoms with van der Waals surface area (Å²) in [5.74, 6) is -0.379. The van der Waals surface area contributed by atoms with Gasteiger partial charge in [0.15, 0.2) is 0 Å². The van der Waals surface area contributed by atoms with Crippen molar-refractivity contribution in [1.82, 2.24) is 4.90 Å². The van der Waals surface area contributed by atoms with Crippen molar-refractivity contribution in [2.24, 2.45) is 5.41 Å². The molecule has 0 fully saturated rings. The van der Waals surface area contributed by atoms with Crippen LogP contribution in [-0.4, -0.2) is 31.4 Å². The van der Waals surface area contributed by atoms with Gasteiger partial charge in [0.05, 0.1) is 10.8 Å². The fraction of sp³-hybridized carbons (Fsp3) is 0.387. The lowest BCUT2D eigenvalue weighted by atomic mass is 9.84. The Labute approximate surface area is 229 Å². The summed E-state index contributed by atoms with van der Waals surface area (Å²) < 4.78 is 18.8. The molecule has 3 aromatic rings. The van der Waals surface area contributed by atoms with Gasteiger partial charge in [-0.3, -0.25) is 13.9 Å². The highest BCUT2D eigenvalue weighted by Gasteiger charge is 2.48. The summed E-state index contributed by atoms with van der Waals surface area (Å²) in [4.78, 5) is 16.7. The van der Waals surface area contributed by atoms with Gasteiger partial charge in [-0.1, -0.05) is 92.2 Å². The molecule has 0 spiro atoms. The number of carbonyl (C=O) groups excluding carboxylic acids is 1. The molecule has 3 rings (SSSR count). The summed E-state index contributed by atoms with van der Waals surface area (Å²) in [6.45, 7) is 12.4. The van der Waals surface area contributed by atoms with Crippen LogP contribution in [0.4, 0.5) is 0 Å². The minimum atomic E-state index is -1.54. The van der Waals surface area contributed by atoms with Crippen molar-refractivity contribution in [3.63, 3.8) is 0 Å². The van der Waals surface area contributed by atoms with E-state index in [4.69, 9.17) is 16.3 Å². The maximum absolute atomic E-state index is 13.9. The SMILES string of the molecule is Cc1ccc(S(=O)C(Cl)C(C)(C)[C@H](C(=O)OC(C)(C)C)N(Cc2ccccc2)Cc2ccccc2)cc1. The highest BCUT2D eigenvalue weighted by atomic mass is 35.5. The predicted octanol–water partition coefficient (Wildman–Crippen LogP) is 7.11. The number of hydrogen-bond donors (Lipinski definition) is 0. The van der Waals surface area contributed by atoms with Gasteiger partial charge in [-0.15, -0.1) is 11.6 Å². The molecule has 198 valence electrons. The van der Waals surface area contributed by atoms with E-state index >= 15 is 0 Å². The smallest absolute Gasteiger partial charge is 0.324 e. The molecule has 0 amide bonds. The zero-order valence-corrected chi connectivity index (χ0v) is 24.2. The van der Waals surface area contributed by atoms with Crippen molar-refractivity contribution in [3.05, 3.63) is 102 Å². The molecule has 0 aliphatic carbocycles. The molecule has 4 nitrogen and oxygen atoms in total. The van der Waals surface area contributed by atoms with Crippen molar-refractivity contribution < 1.29 is 13.7 Å². The number of esters is 1.